The van der Waals surface area contributed by atoms with Gasteiger partial charge in [-0.05, 0) is 24.5 Å². The van der Waals surface area contributed by atoms with Gasteiger partial charge in [0.15, 0.2) is 5.13 Å². The predicted molar refractivity (Wildman–Crippen MR) is 99.5 cm³/mol. The van der Waals surface area contributed by atoms with Crippen LogP contribution in [0, 0.1) is 5.92 Å². The SMILES string of the molecule is CCc1ccc(-c2csc(NC=O)n2)cc1N(C)C(=O)C(C)CC. The largest absolute Gasteiger partial charge is 0.315 e. The number of carbonyl (C=O) groups excluding carboxylic acids is 2. The molecule has 0 aliphatic heterocycles. The minimum atomic E-state index is -0.00831. The number of nitrogens with one attached hydrogen (secondary N) is 1. The highest BCUT2D eigenvalue weighted by Gasteiger charge is 2.20. The van der Waals surface area contributed by atoms with Gasteiger partial charge in [-0.2, -0.15) is 0 Å². The molecule has 5 nitrogen and oxygen atoms in total. The average Bonchev–Trinajstić information content (AvgIpc) is 3.08. The van der Waals surface area contributed by atoms with E-state index < -0.39 is 0 Å². The van der Waals surface area contributed by atoms with Crippen molar-refractivity contribution in [3.63, 3.8) is 0 Å². The highest BCUT2D eigenvalue weighted by molar-refractivity contribution is 7.14. The molecule has 0 saturated carbocycles. The van der Waals surface area contributed by atoms with E-state index in [1.165, 1.54) is 11.3 Å². The molecule has 0 aliphatic carbocycles. The Kier molecular flexibility index (Phi) is 6.09. The molecule has 1 aromatic heterocycles. The van der Waals surface area contributed by atoms with Gasteiger partial charge >= 0.3 is 0 Å². The normalized spacial score (nSPS) is 11.8. The molecule has 1 atom stereocenters. The number of carbonyl (C=O) groups is 2. The van der Waals surface area contributed by atoms with E-state index in [1.807, 2.05) is 44.5 Å². The smallest absolute Gasteiger partial charge is 0.229 e. The average molecular weight is 345 g/mol. The summed E-state index contributed by atoms with van der Waals surface area (Å²) >= 11 is 1.37. The van der Waals surface area contributed by atoms with Gasteiger partial charge in [-0.15, -0.1) is 11.3 Å². The molecule has 1 N–H and O–H groups in total. The van der Waals surface area contributed by atoms with E-state index in [4.69, 9.17) is 0 Å². The molecule has 2 aromatic rings. The van der Waals surface area contributed by atoms with E-state index in [-0.39, 0.29) is 11.8 Å². The molecule has 0 radical (unpaired) electrons. The van der Waals surface area contributed by atoms with Gasteiger partial charge in [-0.1, -0.05) is 32.9 Å². The first-order valence-corrected chi connectivity index (χ1v) is 8.96. The van der Waals surface area contributed by atoms with Crippen molar-refractivity contribution in [3.05, 3.63) is 29.1 Å². The van der Waals surface area contributed by atoms with Crippen LogP contribution in [0.15, 0.2) is 23.6 Å². The molecule has 0 fully saturated rings. The van der Waals surface area contributed by atoms with Gasteiger partial charge in [-0.3, -0.25) is 9.59 Å². The van der Waals surface area contributed by atoms with Crippen molar-refractivity contribution in [2.75, 3.05) is 17.3 Å². The third-order valence-electron chi connectivity index (χ3n) is 4.17. The lowest BCUT2D eigenvalue weighted by Crippen LogP contribution is -2.32. The molecule has 1 unspecified atom stereocenters. The van der Waals surface area contributed by atoms with Crippen LogP contribution in [0.1, 0.15) is 32.8 Å². The first kappa shape index (κ1) is 18.1. The lowest BCUT2D eigenvalue weighted by Gasteiger charge is -2.24. The van der Waals surface area contributed by atoms with Crippen LogP contribution in [0.25, 0.3) is 11.3 Å². The van der Waals surface area contributed by atoms with Crippen LogP contribution in [0.5, 0.6) is 0 Å². The molecular formula is C18H23N3O2S. The molecule has 0 bridgehead atoms. The molecule has 128 valence electrons. The van der Waals surface area contributed by atoms with Crippen LogP contribution >= 0.6 is 11.3 Å². The van der Waals surface area contributed by atoms with E-state index in [9.17, 15) is 9.59 Å². The fourth-order valence-electron chi connectivity index (χ4n) is 2.48. The molecule has 24 heavy (non-hydrogen) atoms. The second-order valence-corrected chi connectivity index (χ2v) is 6.56. The lowest BCUT2D eigenvalue weighted by atomic mass is 10.0. The zero-order valence-corrected chi connectivity index (χ0v) is 15.3. The van der Waals surface area contributed by atoms with Crippen molar-refractivity contribution in [1.82, 2.24) is 4.98 Å². The quantitative estimate of drug-likeness (QED) is 0.773. The Hall–Kier alpha value is -2.21. The monoisotopic (exact) mass is 345 g/mol. The number of benzene rings is 1. The van der Waals surface area contributed by atoms with Crippen molar-refractivity contribution in [3.8, 4) is 11.3 Å². The molecule has 2 rings (SSSR count). The summed E-state index contributed by atoms with van der Waals surface area (Å²) in [4.78, 5) is 29.2. The molecule has 0 spiro atoms. The van der Waals surface area contributed by atoms with Gasteiger partial charge in [0.1, 0.15) is 0 Å². The Balaban J connectivity index is 2.39. The fraction of sp³-hybridized carbons (Fsp3) is 0.389. The van der Waals surface area contributed by atoms with Gasteiger partial charge < -0.3 is 10.2 Å². The van der Waals surface area contributed by atoms with Crippen LogP contribution in [0.2, 0.25) is 0 Å². The summed E-state index contributed by atoms with van der Waals surface area (Å²) < 4.78 is 0. The van der Waals surface area contributed by atoms with Gasteiger partial charge in [0.2, 0.25) is 12.3 Å². The fourth-order valence-corrected chi connectivity index (χ4v) is 3.16. The molecular weight excluding hydrogens is 322 g/mol. The third-order valence-corrected chi connectivity index (χ3v) is 4.95. The Bertz CT molecular complexity index is 727. The second kappa shape index (κ2) is 8.06. The van der Waals surface area contributed by atoms with Crippen molar-refractivity contribution in [2.24, 2.45) is 5.92 Å². The topological polar surface area (TPSA) is 62.3 Å². The third kappa shape index (κ3) is 3.82. The van der Waals surface area contributed by atoms with Gasteiger partial charge in [0.25, 0.3) is 0 Å². The molecule has 2 amide bonds. The van der Waals surface area contributed by atoms with Crippen molar-refractivity contribution in [1.29, 1.82) is 0 Å². The first-order valence-electron chi connectivity index (χ1n) is 8.08. The van der Waals surface area contributed by atoms with E-state index in [2.05, 4.69) is 17.2 Å². The van der Waals surface area contributed by atoms with Gasteiger partial charge in [0.05, 0.1) is 5.69 Å². The minimum absolute atomic E-state index is 0.00831. The molecule has 1 heterocycles. The summed E-state index contributed by atoms with van der Waals surface area (Å²) in [6.07, 6.45) is 2.28. The minimum Gasteiger partial charge on any atom is -0.315 e. The molecule has 0 aliphatic rings. The van der Waals surface area contributed by atoms with E-state index >= 15 is 0 Å². The number of aromatic nitrogens is 1. The Morgan fingerprint density at radius 1 is 1.42 bits per heavy atom. The Morgan fingerprint density at radius 2 is 2.17 bits per heavy atom. The summed E-state index contributed by atoms with van der Waals surface area (Å²) in [5.41, 5.74) is 3.76. The van der Waals surface area contributed by atoms with Gasteiger partial charge in [-0.25, -0.2) is 4.98 Å². The number of anilines is 2. The van der Waals surface area contributed by atoms with Gasteiger partial charge in [0, 0.05) is 29.6 Å². The van der Waals surface area contributed by atoms with Crippen LogP contribution < -0.4 is 10.2 Å². The number of hydrogen-bond acceptors (Lipinski definition) is 4. The van der Waals surface area contributed by atoms with Crippen LogP contribution in [0.3, 0.4) is 0 Å². The Labute approximate surface area is 146 Å². The molecule has 1 aromatic carbocycles. The summed E-state index contributed by atoms with van der Waals surface area (Å²) in [5, 5.41) is 5.02. The highest BCUT2D eigenvalue weighted by Crippen LogP contribution is 2.31. The standard InChI is InChI=1S/C18H23N3O2S/c1-5-12(3)17(23)21(4)16-9-14(8-7-13(16)6-2)15-10-24-18(20-15)19-11-22/h7-12H,5-6H2,1-4H3,(H,19,20,22). The number of hydrogen-bond donors (Lipinski definition) is 1. The van der Waals surface area contributed by atoms with Crippen LogP contribution in [-0.4, -0.2) is 24.3 Å². The van der Waals surface area contributed by atoms with Crippen molar-refractivity contribution in [2.45, 2.75) is 33.6 Å². The maximum absolute atomic E-state index is 12.5. The summed E-state index contributed by atoms with van der Waals surface area (Å²) in [6, 6.07) is 6.04. The van der Waals surface area contributed by atoms with E-state index in [1.54, 1.807) is 4.90 Å². The second-order valence-electron chi connectivity index (χ2n) is 5.70. The zero-order valence-electron chi connectivity index (χ0n) is 14.5. The first-order chi connectivity index (χ1) is 11.5. The van der Waals surface area contributed by atoms with Crippen molar-refractivity contribution >= 4 is 34.5 Å². The molecule has 6 heteroatoms. The summed E-state index contributed by atoms with van der Waals surface area (Å²) in [5.74, 6) is 0.108. The lowest BCUT2D eigenvalue weighted by molar-refractivity contribution is -0.121. The van der Waals surface area contributed by atoms with Crippen LogP contribution in [0.4, 0.5) is 10.8 Å². The summed E-state index contributed by atoms with van der Waals surface area (Å²) in [6.45, 7) is 6.05. The number of aryl methyl sites for hydroxylation is 1. The number of thiazole rings is 1. The van der Waals surface area contributed by atoms with E-state index in [0.29, 0.717) is 11.5 Å². The predicted octanol–water partition coefficient (Wildman–Crippen LogP) is 3.95. The van der Waals surface area contributed by atoms with E-state index in [0.717, 1.165) is 35.3 Å². The highest BCUT2D eigenvalue weighted by atomic mass is 32.1. The zero-order chi connectivity index (χ0) is 17.7. The number of nitrogens with zero attached hydrogens (tertiary/aromatic N) is 2. The van der Waals surface area contributed by atoms with Crippen molar-refractivity contribution < 1.29 is 9.59 Å². The maximum atomic E-state index is 12.5. The molecule has 0 saturated heterocycles. The maximum Gasteiger partial charge on any atom is 0.229 e. The number of rotatable bonds is 7. The summed E-state index contributed by atoms with van der Waals surface area (Å²) in [7, 11) is 1.83. The Morgan fingerprint density at radius 3 is 2.79 bits per heavy atom. The van der Waals surface area contributed by atoms with Crippen LogP contribution in [-0.2, 0) is 16.0 Å². The number of amides is 2.